The molecule has 3 unspecified atom stereocenters. The molecule has 21 heavy (non-hydrogen) atoms. The zero-order chi connectivity index (χ0) is 15.4. The molecule has 0 radical (unpaired) electrons. The van der Waals surface area contributed by atoms with Crippen LogP contribution in [0.4, 0.5) is 0 Å². The third kappa shape index (κ3) is 4.27. The summed E-state index contributed by atoms with van der Waals surface area (Å²) < 4.78 is 0. The molecule has 1 fully saturated rings. The van der Waals surface area contributed by atoms with Crippen molar-refractivity contribution in [3.05, 3.63) is 29.6 Å². The van der Waals surface area contributed by atoms with Gasteiger partial charge in [0.05, 0.1) is 0 Å². The van der Waals surface area contributed by atoms with E-state index in [0.717, 1.165) is 25.6 Å². The van der Waals surface area contributed by atoms with E-state index in [0.29, 0.717) is 18.0 Å². The summed E-state index contributed by atoms with van der Waals surface area (Å²) >= 11 is 0. The zero-order valence-electron chi connectivity index (χ0n) is 14.3. The van der Waals surface area contributed by atoms with Crippen molar-refractivity contribution in [2.75, 3.05) is 13.1 Å². The molecule has 0 bridgehead atoms. The minimum Gasteiger partial charge on any atom is -0.311 e. The number of nitrogens with one attached hydrogen (secondary N) is 1. The van der Waals surface area contributed by atoms with Gasteiger partial charge in [-0.1, -0.05) is 40.2 Å². The van der Waals surface area contributed by atoms with Crippen LogP contribution in [0.3, 0.4) is 0 Å². The van der Waals surface area contributed by atoms with E-state index < -0.39 is 0 Å². The van der Waals surface area contributed by atoms with Gasteiger partial charge in [-0.2, -0.15) is 0 Å². The SMILES string of the molecule is CCC(C)C1CNC(C(C)C)CN1Cc1cncc(C)c1. The fourth-order valence-corrected chi connectivity index (χ4v) is 3.25. The van der Waals surface area contributed by atoms with Gasteiger partial charge in [-0.05, 0) is 29.9 Å². The number of hydrogen-bond acceptors (Lipinski definition) is 3. The van der Waals surface area contributed by atoms with Gasteiger partial charge >= 0.3 is 0 Å². The van der Waals surface area contributed by atoms with Gasteiger partial charge in [0, 0.05) is 44.1 Å². The van der Waals surface area contributed by atoms with Crippen LogP contribution in [0.25, 0.3) is 0 Å². The van der Waals surface area contributed by atoms with Gasteiger partial charge in [-0.25, -0.2) is 0 Å². The van der Waals surface area contributed by atoms with Crippen molar-refractivity contribution >= 4 is 0 Å². The summed E-state index contributed by atoms with van der Waals surface area (Å²) in [6.45, 7) is 14.7. The summed E-state index contributed by atoms with van der Waals surface area (Å²) in [5, 5.41) is 3.75. The highest BCUT2D eigenvalue weighted by atomic mass is 15.2. The predicted molar refractivity (Wildman–Crippen MR) is 89.3 cm³/mol. The van der Waals surface area contributed by atoms with Gasteiger partial charge in [-0.3, -0.25) is 9.88 Å². The van der Waals surface area contributed by atoms with E-state index in [2.05, 4.69) is 55.9 Å². The minimum atomic E-state index is 0.600. The molecule has 1 aliphatic rings. The smallest absolute Gasteiger partial charge is 0.0313 e. The maximum absolute atomic E-state index is 4.35. The second-order valence-electron chi connectivity index (χ2n) is 7.01. The van der Waals surface area contributed by atoms with Gasteiger partial charge < -0.3 is 5.32 Å². The monoisotopic (exact) mass is 289 g/mol. The van der Waals surface area contributed by atoms with Gasteiger partial charge in [0.25, 0.3) is 0 Å². The fourth-order valence-electron chi connectivity index (χ4n) is 3.25. The van der Waals surface area contributed by atoms with Crippen LogP contribution in [0.1, 0.15) is 45.2 Å². The highest BCUT2D eigenvalue weighted by Crippen LogP contribution is 2.22. The van der Waals surface area contributed by atoms with Crippen LogP contribution in [0.15, 0.2) is 18.5 Å². The molecule has 2 rings (SSSR count). The first-order valence-corrected chi connectivity index (χ1v) is 8.39. The average molecular weight is 289 g/mol. The summed E-state index contributed by atoms with van der Waals surface area (Å²) in [7, 11) is 0. The Morgan fingerprint density at radius 2 is 2.10 bits per heavy atom. The van der Waals surface area contributed by atoms with Crippen molar-refractivity contribution in [3.63, 3.8) is 0 Å². The maximum Gasteiger partial charge on any atom is 0.0313 e. The highest BCUT2D eigenvalue weighted by molar-refractivity contribution is 5.17. The van der Waals surface area contributed by atoms with Crippen LogP contribution in [0.2, 0.25) is 0 Å². The molecule has 1 N–H and O–H groups in total. The Morgan fingerprint density at radius 3 is 2.71 bits per heavy atom. The number of nitrogens with zero attached hydrogens (tertiary/aromatic N) is 2. The molecule has 1 saturated heterocycles. The normalized spacial score (nSPS) is 25.2. The molecule has 1 aromatic heterocycles. The lowest BCUT2D eigenvalue weighted by atomic mass is 9.91. The number of aromatic nitrogens is 1. The first kappa shape index (κ1) is 16.4. The van der Waals surface area contributed by atoms with E-state index in [4.69, 9.17) is 0 Å². The van der Waals surface area contributed by atoms with E-state index in [1.807, 2.05) is 12.4 Å². The molecule has 3 heteroatoms. The van der Waals surface area contributed by atoms with Gasteiger partial charge in [0.15, 0.2) is 0 Å². The van der Waals surface area contributed by atoms with E-state index in [-0.39, 0.29) is 0 Å². The Hall–Kier alpha value is -0.930. The quantitative estimate of drug-likeness (QED) is 0.902. The van der Waals surface area contributed by atoms with Crippen molar-refractivity contribution in [2.24, 2.45) is 11.8 Å². The first-order chi connectivity index (χ1) is 10.0. The lowest BCUT2D eigenvalue weighted by molar-refractivity contribution is 0.0721. The molecule has 1 aromatic rings. The summed E-state index contributed by atoms with van der Waals surface area (Å²) in [5.41, 5.74) is 2.59. The number of pyridine rings is 1. The molecule has 0 saturated carbocycles. The lowest BCUT2D eigenvalue weighted by Gasteiger charge is -2.44. The van der Waals surface area contributed by atoms with Crippen LogP contribution in [0, 0.1) is 18.8 Å². The Bertz CT molecular complexity index is 444. The molecule has 0 aliphatic carbocycles. The number of aryl methyl sites for hydroxylation is 1. The Labute approximate surface area is 130 Å². The first-order valence-electron chi connectivity index (χ1n) is 8.39. The van der Waals surface area contributed by atoms with Crippen LogP contribution < -0.4 is 5.32 Å². The summed E-state index contributed by atoms with van der Waals surface area (Å²) in [6, 6.07) is 3.50. The topological polar surface area (TPSA) is 28.2 Å². The molecule has 0 spiro atoms. The van der Waals surface area contributed by atoms with E-state index in [9.17, 15) is 0 Å². The molecular weight excluding hydrogens is 258 g/mol. The highest BCUT2D eigenvalue weighted by Gasteiger charge is 2.31. The predicted octanol–water partition coefficient (Wildman–Crippen LogP) is 3.23. The van der Waals surface area contributed by atoms with E-state index in [1.54, 1.807) is 0 Å². The van der Waals surface area contributed by atoms with Gasteiger partial charge in [0.2, 0.25) is 0 Å². The van der Waals surface area contributed by atoms with E-state index in [1.165, 1.54) is 17.5 Å². The number of hydrogen-bond donors (Lipinski definition) is 1. The third-order valence-corrected chi connectivity index (χ3v) is 4.91. The second-order valence-corrected chi connectivity index (χ2v) is 7.01. The molecule has 1 aliphatic heterocycles. The lowest BCUT2D eigenvalue weighted by Crippen LogP contribution is -2.59. The third-order valence-electron chi connectivity index (χ3n) is 4.91. The van der Waals surface area contributed by atoms with Crippen LogP contribution in [0.5, 0.6) is 0 Å². The fraction of sp³-hybridized carbons (Fsp3) is 0.722. The van der Waals surface area contributed by atoms with Crippen molar-refractivity contribution in [1.29, 1.82) is 0 Å². The van der Waals surface area contributed by atoms with Crippen LogP contribution in [-0.2, 0) is 6.54 Å². The second kappa shape index (κ2) is 7.37. The minimum absolute atomic E-state index is 0.600. The summed E-state index contributed by atoms with van der Waals surface area (Å²) in [5.74, 6) is 1.41. The molecular formula is C18H31N3. The maximum atomic E-state index is 4.35. The number of piperazine rings is 1. The van der Waals surface area contributed by atoms with Crippen molar-refractivity contribution < 1.29 is 0 Å². The van der Waals surface area contributed by atoms with Crippen molar-refractivity contribution in [3.8, 4) is 0 Å². The van der Waals surface area contributed by atoms with E-state index >= 15 is 0 Å². The van der Waals surface area contributed by atoms with Crippen LogP contribution >= 0.6 is 0 Å². The van der Waals surface area contributed by atoms with Gasteiger partial charge in [0.1, 0.15) is 0 Å². The van der Waals surface area contributed by atoms with Crippen LogP contribution in [-0.4, -0.2) is 35.1 Å². The summed E-state index contributed by atoms with van der Waals surface area (Å²) in [4.78, 5) is 7.02. The Morgan fingerprint density at radius 1 is 1.33 bits per heavy atom. The summed E-state index contributed by atoms with van der Waals surface area (Å²) in [6.07, 6.45) is 5.19. The molecule has 0 amide bonds. The number of rotatable bonds is 5. The Kier molecular flexibility index (Phi) is 5.77. The average Bonchev–Trinajstić information content (AvgIpc) is 2.46. The molecule has 3 atom stereocenters. The van der Waals surface area contributed by atoms with Crippen molar-refractivity contribution in [2.45, 2.75) is 59.7 Å². The molecule has 118 valence electrons. The zero-order valence-corrected chi connectivity index (χ0v) is 14.3. The van der Waals surface area contributed by atoms with Crippen molar-refractivity contribution in [1.82, 2.24) is 15.2 Å². The molecule has 3 nitrogen and oxygen atoms in total. The molecule has 2 heterocycles. The standard InChI is InChI=1S/C18H31N3/c1-6-15(5)18-10-20-17(13(2)3)12-21(18)11-16-7-14(4)8-19-9-16/h7-9,13,15,17-18,20H,6,10-12H2,1-5H3. The van der Waals surface area contributed by atoms with Gasteiger partial charge in [-0.15, -0.1) is 0 Å². The molecule has 0 aromatic carbocycles. The largest absolute Gasteiger partial charge is 0.311 e. The Balaban J connectivity index is 2.12.